The highest BCUT2D eigenvalue weighted by Crippen LogP contribution is 2.35. The molecule has 0 unspecified atom stereocenters. The van der Waals surface area contributed by atoms with Crippen LogP contribution in [0.2, 0.25) is 0 Å². The van der Waals surface area contributed by atoms with E-state index in [0.717, 1.165) is 19.8 Å². The van der Waals surface area contributed by atoms with Gasteiger partial charge in [0.1, 0.15) is 10.8 Å². The van der Waals surface area contributed by atoms with Gasteiger partial charge in [-0.2, -0.15) is 0 Å². The minimum atomic E-state index is -0.222. The normalized spacial score (nSPS) is 12.7. The first-order chi connectivity index (χ1) is 8.47. The maximum Gasteiger partial charge on any atom is 0.179 e. The summed E-state index contributed by atoms with van der Waals surface area (Å²) in [5.74, 6) is -0.222. The maximum absolute atomic E-state index is 13.6. The lowest BCUT2D eigenvalue weighted by molar-refractivity contribution is 0.610. The lowest BCUT2D eigenvalue weighted by Gasteiger charge is -2.12. The Balaban J connectivity index is 2.39. The zero-order chi connectivity index (χ0) is 13.3. The summed E-state index contributed by atoms with van der Waals surface area (Å²) in [7, 11) is 0. The lowest BCUT2D eigenvalue weighted by atomic mass is 10.1. The van der Waals surface area contributed by atoms with Gasteiger partial charge in [-0.15, -0.1) is 10.2 Å². The summed E-state index contributed by atoms with van der Waals surface area (Å²) in [6.07, 6.45) is 0. The maximum atomic E-state index is 13.6. The van der Waals surface area contributed by atoms with E-state index in [4.69, 9.17) is 5.73 Å². The van der Waals surface area contributed by atoms with E-state index in [0.29, 0.717) is 5.56 Å². The molecule has 18 heavy (non-hydrogen) atoms. The van der Waals surface area contributed by atoms with Crippen molar-refractivity contribution in [1.29, 1.82) is 0 Å². The van der Waals surface area contributed by atoms with Crippen molar-refractivity contribution in [1.82, 2.24) is 10.2 Å². The predicted octanol–water partition coefficient (Wildman–Crippen LogP) is 3.46. The van der Waals surface area contributed by atoms with E-state index in [9.17, 15) is 4.39 Å². The molecule has 0 saturated carbocycles. The van der Waals surface area contributed by atoms with Crippen LogP contribution >= 0.6 is 23.1 Å². The number of hydrogen-bond acceptors (Lipinski definition) is 5. The quantitative estimate of drug-likeness (QED) is 0.937. The number of nitrogens with two attached hydrogens (primary N) is 1. The summed E-state index contributed by atoms with van der Waals surface area (Å²) < 4.78 is 14.4. The molecule has 2 N–H and O–H groups in total. The van der Waals surface area contributed by atoms with Crippen LogP contribution in [0.5, 0.6) is 0 Å². The van der Waals surface area contributed by atoms with E-state index in [2.05, 4.69) is 10.2 Å². The summed E-state index contributed by atoms with van der Waals surface area (Å²) in [6.45, 7) is 5.50. The van der Waals surface area contributed by atoms with E-state index in [-0.39, 0.29) is 11.9 Å². The lowest BCUT2D eigenvalue weighted by Crippen LogP contribution is -2.07. The number of rotatable bonds is 3. The molecule has 96 valence electrons. The van der Waals surface area contributed by atoms with Gasteiger partial charge in [0, 0.05) is 10.9 Å². The van der Waals surface area contributed by atoms with Crippen molar-refractivity contribution < 1.29 is 4.39 Å². The molecule has 1 aromatic heterocycles. The molecule has 2 aromatic rings. The number of benzene rings is 1. The van der Waals surface area contributed by atoms with Crippen LogP contribution in [-0.4, -0.2) is 10.2 Å². The Morgan fingerprint density at radius 3 is 2.61 bits per heavy atom. The molecule has 1 heterocycles. The molecule has 1 atom stereocenters. The van der Waals surface area contributed by atoms with E-state index in [1.807, 2.05) is 19.9 Å². The van der Waals surface area contributed by atoms with Crippen molar-refractivity contribution in [3.05, 3.63) is 34.1 Å². The smallest absolute Gasteiger partial charge is 0.179 e. The average molecular weight is 283 g/mol. The minimum absolute atomic E-state index is 0.211. The molecule has 0 bridgehead atoms. The fourth-order valence-electron chi connectivity index (χ4n) is 1.53. The predicted molar refractivity (Wildman–Crippen MR) is 72.5 cm³/mol. The summed E-state index contributed by atoms with van der Waals surface area (Å²) in [5, 5.41) is 8.95. The van der Waals surface area contributed by atoms with Crippen LogP contribution < -0.4 is 5.73 Å². The molecule has 0 aliphatic rings. The molecule has 6 heteroatoms. The minimum Gasteiger partial charge on any atom is -0.324 e. The van der Waals surface area contributed by atoms with Crippen molar-refractivity contribution in [3.63, 3.8) is 0 Å². The first kappa shape index (κ1) is 13.5. The Bertz CT molecular complexity index is 566. The molecular formula is C12H14FN3S2. The van der Waals surface area contributed by atoms with Crippen molar-refractivity contribution >= 4 is 23.1 Å². The van der Waals surface area contributed by atoms with Gasteiger partial charge in [0.15, 0.2) is 4.34 Å². The molecule has 0 fully saturated rings. The van der Waals surface area contributed by atoms with Gasteiger partial charge in [0.05, 0.1) is 0 Å². The molecule has 3 nitrogen and oxygen atoms in total. The zero-order valence-corrected chi connectivity index (χ0v) is 12.0. The van der Waals surface area contributed by atoms with Crippen molar-refractivity contribution in [2.75, 3.05) is 0 Å². The number of aromatic nitrogens is 2. The van der Waals surface area contributed by atoms with Crippen molar-refractivity contribution in [2.24, 2.45) is 5.73 Å². The first-order valence-electron chi connectivity index (χ1n) is 5.51. The summed E-state index contributed by atoms with van der Waals surface area (Å²) in [5.41, 5.74) is 7.30. The van der Waals surface area contributed by atoms with Gasteiger partial charge in [-0.3, -0.25) is 0 Å². The zero-order valence-electron chi connectivity index (χ0n) is 10.4. The fourth-order valence-corrected chi connectivity index (χ4v) is 3.61. The largest absolute Gasteiger partial charge is 0.324 e. The highest BCUT2D eigenvalue weighted by molar-refractivity contribution is 8.01. The Hall–Kier alpha value is -0.980. The Kier molecular flexibility index (Phi) is 3.99. The van der Waals surface area contributed by atoms with Gasteiger partial charge in [0.2, 0.25) is 0 Å². The molecule has 0 radical (unpaired) electrons. The third-order valence-corrected chi connectivity index (χ3v) is 4.45. The second-order valence-corrected chi connectivity index (χ2v) is 6.59. The number of nitrogens with zero attached hydrogens (tertiary/aromatic N) is 2. The molecule has 0 aliphatic carbocycles. The Morgan fingerprint density at radius 2 is 2.06 bits per heavy atom. The first-order valence-corrected chi connectivity index (χ1v) is 7.14. The van der Waals surface area contributed by atoms with Crippen LogP contribution in [0, 0.1) is 19.7 Å². The third-order valence-electron chi connectivity index (χ3n) is 2.49. The number of hydrogen-bond donors (Lipinski definition) is 1. The topological polar surface area (TPSA) is 51.8 Å². The fraction of sp³-hybridized carbons (Fsp3) is 0.333. The van der Waals surface area contributed by atoms with Crippen molar-refractivity contribution in [2.45, 2.75) is 36.0 Å². The average Bonchev–Trinajstić information content (AvgIpc) is 2.68. The van der Waals surface area contributed by atoms with Gasteiger partial charge < -0.3 is 5.73 Å². The molecule has 1 aromatic carbocycles. The van der Waals surface area contributed by atoms with Gasteiger partial charge in [0.25, 0.3) is 0 Å². The molecule has 0 spiro atoms. The van der Waals surface area contributed by atoms with E-state index >= 15 is 0 Å². The van der Waals surface area contributed by atoms with Crippen LogP contribution in [0.25, 0.3) is 0 Å². The molecule has 0 aliphatic heterocycles. The molecule has 0 amide bonds. The van der Waals surface area contributed by atoms with E-state index in [1.54, 1.807) is 6.92 Å². The third kappa shape index (κ3) is 2.88. The van der Waals surface area contributed by atoms with Gasteiger partial charge >= 0.3 is 0 Å². The van der Waals surface area contributed by atoms with E-state index < -0.39 is 0 Å². The van der Waals surface area contributed by atoms with Crippen molar-refractivity contribution in [3.8, 4) is 0 Å². The van der Waals surface area contributed by atoms with Gasteiger partial charge in [-0.25, -0.2) is 4.39 Å². The summed E-state index contributed by atoms with van der Waals surface area (Å²) in [6, 6.07) is 3.11. The van der Waals surface area contributed by atoms with Gasteiger partial charge in [-0.05, 0) is 44.0 Å². The monoisotopic (exact) mass is 283 g/mol. The number of halogens is 1. The van der Waals surface area contributed by atoms with Crippen LogP contribution in [0.15, 0.2) is 21.4 Å². The SMILES string of the molecule is Cc1nnc(Sc2cc(C)c(F)cc2[C@H](C)N)s1. The van der Waals surface area contributed by atoms with Crippen LogP contribution in [0.3, 0.4) is 0 Å². The molecular weight excluding hydrogens is 269 g/mol. The second-order valence-electron chi connectivity index (χ2n) is 4.12. The molecule has 0 saturated heterocycles. The van der Waals surface area contributed by atoms with E-state index in [1.165, 1.54) is 29.2 Å². The number of aryl methyl sites for hydroxylation is 2. The summed E-state index contributed by atoms with van der Waals surface area (Å²) >= 11 is 3.00. The standard InChI is InChI=1S/C12H14FN3S2/c1-6-4-11(9(7(2)14)5-10(6)13)18-12-16-15-8(3)17-12/h4-5,7H,14H2,1-3H3/t7-/m0/s1. The Labute approximate surface area is 114 Å². The molecule has 2 rings (SSSR count). The van der Waals surface area contributed by atoms with Crippen LogP contribution in [-0.2, 0) is 0 Å². The van der Waals surface area contributed by atoms with Gasteiger partial charge in [-0.1, -0.05) is 23.1 Å². The van der Waals surface area contributed by atoms with Crippen LogP contribution in [0.4, 0.5) is 4.39 Å². The Morgan fingerprint density at radius 1 is 1.33 bits per heavy atom. The highest BCUT2D eigenvalue weighted by atomic mass is 32.2. The summed E-state index contributed by atoms with van der Waals surface area (Å²) in [4.78, 5) is 0.944. The highest BCUT2D eigenvalue weighted by Gasteiger charge is 2.13. The second kappa shape index (κ2) is 5.34. The van der Waals surface area contributed by atoms with Crippen LogP contribution in [0.1, 0.15) is 29.1 Å².